The number of carbonyl (C=O) groups is 1. The molecule has 5 heteroatoms. The molecule has 0 saturated carbocycles. The van der Waals surface area contributed by atoms with Gasteiger partial charge in [0.2, 0.25) is 5.22 Å². The average Bonchev–Trinajstić information content (AvgIpc) is 2.68. The highest BCUT2D eigenvalue weighted by Crippen LogP contribution is 2.24. The van der Waals surface area contributed by atoms with Crippen molar-refractivity contribution < 1.29 is 9.21 Å². The lowest BCUT2D eigenvalue weighted by atomic mass is 10.1. The maximum atomic E-state index is 11.9. The van der Waals surface area contributed by atoms with Crippen LogP contribution in [-0.4, -0.2) is 5.78 Å². The molecule has 0 aliphatic carbocycles. The minimum absolute atomic E-state index is 0.114. The Hall–Kier alpha value is -0.770. The molecule has 1 aromatic heterocycles. The van der Waals surface area contributed by atoms with E-state index in [-0.39, 0.29) is 17.4 Å². The fraction of sp³-hybridized carbons (Fsp3) is 0.0833. The monoisotopic (exact) mass is 332 g/mol. The summed E-state index contributed by atoms with van der Waals surface area (Å²) in [5, 5.41) is 0.663. The van der Waals surface area contributed by atoms with E-state index in [0.717, 1.165) is 10.0 Å². The van der Waals surface area contributed by atoms with Crippen molar-refractivity contribution in [2.75, 3.05) is 0 Å². The third-order valence-electron chi connectivity index (χ3n) is 2.28. The minimum Gasteiger partial charge on any atom is -0.452 e. The summed E-state index contributed by atoms with van der Waals surface area (Å²) in [4.78, 5) is 11.9. The number of Topliss-reactive ketones (excluding diaryl/α,β-unsaturated/α-hetero) is 1. The molecule has 2 nitrogen and oxygen atoms in total. The molecular weight excluding hydrogens is 327 g/mol. The lowest BCUT2D eigenvalue weighted by Crippen LogP contribution is -2.03. The van der Waals surface area contributed by atoms with Gasteiger partial charge in [-0.3, -0.25) is 4.79 Å². The molecule has 0 atom stereocenters. The summed E-state index contributed by atoms with van der Waals surface area (Å²) < 4.78 is 5.75. The SMILES string of the molecule is O=C(Cc1ccc(Br)cc1Cl)c1ccoc1Cl. The quantitative estimate of drug-likeness (QED) is 0.757. The van der Waals surface area contributed by atoms with Gasteiger partial charge in [-0.1, -0.05) is 33.6 Å². The Kier molecular flexibility index (Phi) is 3.92. The van der Waals surface area contributed by atoms with Crippen molar-refractivity contribution in [1.82, 2.24) is 0 Å². The number of rotatable bonds is 3. The summed E-state index contributed by atoms with van der Waals surface area (Å²) in [7, 11) is 0. The van der Waals surface area contributed by atoms with Crippen LogP contribution >= 0.6 is 39.1 Å². The molecule has 0 aliphatic heterocycles. The second-order valence-corrected chi connectivity index (χ2v) is 5.11. The molecule has 0 spiro atoms. The number of hydrogen-bond acceptors (Lipinski definition) is 2. The smallest absolute Gasteiger partial charge is 0.203 e. The molecule has 88 valence electrons. The van der Waals surface area contributed by atoms with Crippen LogP contribution in [0.15, 0.2) is 39.4 Å². The number of halogens is 3. The third kappa shape index (κ3) is 2.92. The van der Waals surface area contributed by atoms with Crippen molar-refractivity contribution >= 4 is 44.9 Å². The molecule has 0 bridgehead atoms. The molecule has 0 aliphatic rings. The summed E-state index contributed by atoms with van der Waals surface area (Å²) in [5.41, 5.74) is 1.14. The van der Waals surface area contributed by atoms with E-state index in [4.69, 9.17) is 27.6 Å². The maximum Gasteiger partial charge on any atom is 0.203 e. The van der Waals surface area contributed by atoms with Crippen LogP contribution in [-0.2, 0) is 6.42 Å². The van der Waals surface area contributed by atoms with Crippen molar-refractivity contribution in [3.8, 4) is 0 Å². The first-order valence-electron chi connectivity index (χ1n) is 4.78. The van der Waals surface area contributed by atoms with Crippen LogP contribution < -0.4 is 0 Å². The Bertz CT molecular complexity index is 563. The molecule has 2 rings (SSSR count). The number of hydrogen-bond donors (Lipinski definition) is 0. The number of benzene rings is 1. The Morgan fingerprint density at radius 1 is 1.29 bits per heavy atom. The first-order chi connectivity index (χ1) is 8.08. The van der Waals surface area contributed by atoms with E-state index in [2.05, 4.69) is 15.9 Å². The molecule has 0 radical (unpaired) electrons. The van der Waals surface area contributed by atoms with Crippen LogP contribution in [0.5, 0.6) is 0 Å². The first-order valence-corrected chi connectivity index (χ1v) is 6.33. The molecule has 0 saturated heterocycles. The summed E-state index contributed by atoms with van der Waals surface area (Å²) in [6.07, 6.45) is 1.59. The van der Waals surface area contributed by atoms with Gasteiger partial charge in [0.15, 0.2) is 5.78 Å². The summed E-state index contributed by atoms with van der Waals surface area (Å²) in [6, 6.07) is 6.95. The van der Waals surface area contributed by atoms with Crippen molar-refractivity contribution in [3.05, 3.63) is 56.4 Å². The largest absolute Gasteiger partial charge is 0.452 e. The van der Waals surface area contributed by atoms with Gasteiger partial charge in [-0.25, -0.2) is 0 Å². The van der Waals surface area contributed by atoms with Gasteiger partial charge in [0.1, 0.15) is 0 Å². The van der Waals surface area contributed by atoms with Crippen molar-refractivity contribution in [2.24, 2.45) is 0 Å². The first kappa shape index (κ1) is 12.7. The van der Waals surface area contributed by atoms with Crippen LogP contribution in [0.2, 0.25) is 10.2 Å². The maximum absolute atomic E-state index is 11.9. The van der Waals surface area contributed by atoms with Gasteiger partial charge in [-0.2, -0.15) is 0 Å². The number of ketones is 1. The predicted molar refractivity (Wildman–Crippen MR) is 70.9 cm³/mol. The van der Waals surface area contributed by atoms with Gasteiger partial charge in [0, 0.05) is 15.9 Å². The van der Waals surface area contributed by atoms with Crippen molar-refractivity contribution in [3.63, 3.8) is 0 Å². The summed E-state index contributed by atoms with van der Waals surface area (Å²) >= 11 is 15.1. The molecule has 0 amide bonds. The Morgan fingerprint density at radius 2 is 2.06 bits per heavy atom. The normalized spacial score (nSPS) is 10.5. The van der Waals surface area contributed by atoms with Gasteiger partial charge < -0.3 is 4.42 Å². The highest BCUT2D eigenvalue weighted by atomic mass is 79.9. The van der Waals surface area contributed by atoms with Crippen LogP contribution in [0.3, 0.4) is 0 Å². The third-order valence-corrected chi connectivity index (χ3v) is 3.42. The molecule has 2 aromatic rings. The second kappa shape index (κ2) is 5.25. The predicted octanol–water partition coefficient (Wildman–Crippen LogP) is 4.77. The van der Waals surface area contributed by atoms with Gasteiger partial charge in [0.05, 0.1) is 11.8 Å². The van der Waals surface area contributed by atoms with E-state index in [1.165, 1.54) is 6.26 Å². The van der Waals surface area contributed by atoms with E-state index in [1.807, 2.05) is 6.07 Å². The highest BCUT2D eigenvalue weighted by Gasteiger charge is 2.15. The van der Waals surface area contributed by atoms with E-state index in [0.29, 0.717) is 10.6 Å². The topological polar surface area (TPSA) is 30.2 Å². The minimum atomic E-state index is -0.118. The van der Waals surface area contributed by atoms with Crippen molar-refractivity contribution in [1.29, 1.82) is 0 Å². The summed E-state index contributed by atoms with van der Waals surface area (Å²) in [5.74, 6) is -0.118. The molecular formula is C12H7BrCl2O2. The van der Waals surface area contributed by atoms with E-state index in [9.17, 15) is 4.79 Å². The van der Waals surface area contributed by atoms with Gasteiger partial charge in [-0.15, -0.1) is 0 Å². The number of carbonyl (C=O) groups excluding carboxylic acids is 1. The van der Waals surface area contributed by atoms with Crippen LogP contribution in [0.25, 0.3) is 0 Å². The number of furan rings is 1. The molecule has 17 heavy (non-hydrogen) atoms. The summed E-state index contributed by atoms with van der Waals surface area (Å²) in [6.45, 7) is 0. The fourth-order valence-corrected chi connectivity index (χ4v) is 2.39. The van der Waals surface area contributed by atoms with E-state index < -0.39 is 0 Å². The van der Waals surface area contributed by atoms with Gasteiger partial charge in [-0.05, 0) is 35.4 Å². The Balaban J connectivity index is 2.22. The lowest BCUT2D eigenvalue weighted by Gasteiger charge is -2.03. The second-order valence-electron chi connectivity index (χ2n) is 3.44. The zero-order chi connectivity index (χ0) is 12.4. The average molecular weight is 334 g/mol. The van der Waals surface area contributed by atoms with E-state index in [1.54, 1.807) is 18.2 Å². The zero-order valence-electron chi connectivity index (χ0n) is 8.54. The molecule has 0 unspecified atom stereocenters. The van der Waals surface area contributed by atoms with Gasteiger partial charge >= 0.3 is 0 Å². The molecule has 0 fully saturated rings. The molecule has 1 heterocycles. The van der Waals surface area contributed by atoms with Crippen LogP contribution in [0.4, 0.5) is 0 Å². The molecule has 1 aromatic carbocycles. The van der Waals surface area contributed by atoms with E-state index >= 15 is 0 Å². The standard InChI is InChI=1S/C12H7BrCl2O2/c13-8-2-1-7(10(14)6-8)5-11(16)9-3-4-17-12(9)15/h1-4,6H,5H2. The Labute approximate surface area is 117 Å². The van der Waals surface area contributed by atoms with Gasteiger partial charge in [0.25, 0.3) is 0 Å². The molecule has 0 N–H and O–H groups in total. The highest BCUT2D eigenvalue weighted by molar-refractivity contribution is 9.10. The fourth-order valence-electron chi connectivity index (χ4n) is 1.43. The zero-order valence-corrected chi connectivity index (χ0v) is 11.6. The van der Waals surface area contributed by atoms with Crippen molar-refractivity contribution in [2.45, 2.75) is 6.42 Å². The Morgan fingerprint density at radius 3 is 2.65 bits per heavy atom. The van der Waals surface area contributed by atoms with Crippen LogP contribution in [0.1, 0.15) is 15.9 Å². The lowest BCUT2D eigenvalue weighted by molar-refractivity contribution is 0.0992. The van der Waals surface area contributed by atoms with Crippen LogP contribution in [0, 0.1) is 0 Å².